The molecular formula is C13H17FN2O3. The molecule has 19 heavy (non-hydrogen) atoms. The molecule has 1 aromatic carbocycles. The second kappa shape index (κ2) is 5.44. The maximum absolute atomic E-state index is 13.3. The highest BCUT2D eigenvalue weighted by atomic mass is 19.1. The molecule has 1 saturated heterocycles. The van der Waals surface area contributed by atoms with Gasteiger partial charge in [-0.2, -0.15) is 0 Å². The number of nitrogen functional groups attached to an aromatic ring is 1. The topological polar surface area (TPSA) is 84.6 Å². The number of aromatic carboxylic acids is 1. The van der Waals surface area contributed by atoms with Gasteiger partial charge in [0.15, 0.2) is 0 Å². The van der Waals surface area contributed by atoms with Crippen LogP contribution in [0, 0.1) is 11.7 Å². The maximum atomic E-state index is 13.3. The second-order valence-electron chi connectivity index (χ2n) is 4.78. The number of carbonyl (C=O) groups is 1. The van der Waals surface area contributed by atoms with Crippen molar-refractivity contribution in [3.05, 3.63) is 23.5 Å². The Hall–Kier alpha value is -1.82. The third-order valence-electron chi connectivity index (χ3n) is 3.39. The largest absolute Gasteiger partial charge is 0.478 e. The molecule has 6 heteroatoms. The van der Waals surface area contributed by atoms with Crippen LogP contribution in [0.15, 0.2) is 12.1 Å². The maximum Gasteiger partial charge on any atom is 0.340 e. The molecule has 4 N–H and O–H groups in total. The van der Waals surface area contributed by atoms with Crippen molar-refractivity contribution in [3.63, 3.8) is 0 Å². The van der Waals surface area contributed by atoms with Crippen LogP contribution in [0.25, 0.3) is 0 Å². The molecule has 0 amide bonds. The Morgan fingerprint density at radius 2 is 2.32 bits per heavy atom. The first-order chi connectivity index (χ1) is 9.00. The number of benzene rings is 1. The molecule has 0 aliphatic carbocycles. The molecule has 2 atom stereocenters. The fourth-order valence-electron chi connectivity index (χ4n) is 2.24. The highest BCUT2D eigenvalue weighted by Crippen LogP contribution is 2.28. The number of anilines is 2. The standard InChI is InChI=1S/C13H17FN2O3/c1-7-6-19-5-4-9(7)16-10-3-2-8(14)12(15)11(10)13(17)18/h2-3,7,9,16H,4-6,15H2,1H3,(H,17,18). The van der Waals surface area contributed by atoms with Crippen LogP contribution in [-0.4, -0.2) is 30.3 Å². The molecule has 2 unspecified atom stereocenters. The van der Waals surface area contributed by atoms with Gasteiger partial charge in [-0.15, -0.1) is 0 Å². The number of carboxylic acids is 1. The van der Waals surface area contributed by atoms with Gasteiger partial charge in [-0.05, 0) is 24.5 Å². The van der Waals surface area contributed by atoms with Gasteiger partial charge in [0, 0.05) is 12.6 Å². The highest BCUT2D eigenvalue weighted by Gasteiger charge is 2.25. The Kier molecular flexibility index (Phi) is 3.90. The van der Waals surface area contributed by atoms with Gasteiger partial charge in [0.1, 0.15) is 11.4 Å². The summed E-state index contributed by atoms with van der Waals surface area (Å²) in [4.78, 5) is 11.2. The van der Waals surface area contributed by atoms with E-state index in [1.54, 1.807) is 0 Å². The molecule has 0 saturated carbocycles. The van der Waals surface area contributed by atoms with Crippen LogP contribution in [0.3, 0.4) is 0 Å². The first-order valence-electron chi connectivity index (χ1n) is 6.16. The first-order valence-corrected chi connectivity index (χ1v) is 6.16. The number of ether oxygens (including phenoxy) is 1. The van der Waals surface area contributed by atoms with Crippen LogP contribution in [0.5, 0.6) is 0 Å². The number of halogens is 1. The summed E-state index contributed by atoms with van der Waals surface area (Å²) in [6, 6.07) is 2.68. The SMILES string of the molecule is CC1COCCC1Nc1ccc(F)c(N)c1C(=O)O. The van der Waals surface area contributed by atoms with E-state index in [1.165, 1.54) is 12.1 Å². The molecule has 1 aliphatic rings. The van der Waals surface area contributed by atoms with Gasteiger partial charge in [-0.25, -0.2) is 9.18 Å². The van der Waals surface area contributed by atoms with E-state index in [1.807, 2.05) is 6.92 Å². The Morgan fingerprint density at radius 1 is 1.58 bits per heavy atom. The van der Waals surface area contributed by atoms with E-state index in [0.29, 0.717) is 18.9 Å². The Balaban J connectivity index is 2.29. The number of hydrogen-bond acceptors (Lipinski definition) is 4. The van der Waals surface area contributed by atoms with Crippen molar-refractivity contribution >= 4 is 17.3 Å². The van der Waals surface area contributed by atoms with Crippen molar-refractivity contribution in [1.29, 1.82) is 0 Å². The van der Waals surface area contributed by atoms with E-state index in [-0.39, 0.29) is 23.2 Å². The summed E-state index contributed by atoms with van der Waals surface area (Å²) < 4.78 is 18.7. The van der Waals surface area contributed by atoms with E-state index >= 15 is 0 Å². The summed E-state index contributed by atoms with van der Waals surface area (Å²) in [5.74, 6) is -1.70. The van der Waals surface area contributed by atoms with Gasteiger partial charge in [-0.3, -0.25) is 0 Å². The van der Waals surface area contributed by atoms with Gasteiger partial charge in [0.05, 0.1) is 18.0 Å². The van der Waals surface area contributed by atoms with Crippen molar-refractivity contribution in [2.24, 2.45) is 5.92 Å². The average Bonchev–Trinajstić information content (AvgIpc) is 2.36. The lowest BCUT2D eigenvalue weighted by Gasteiger charge is -2.31. The monoisotopic (exact) mass is 268 g/mol. The molecule has 104 valence electrons. The summed E-state index contributed by atoms with van der Waals surface area (Å²) >= 11 is 0. The zero-order chi connectivity index (χ0) is 14.0. The number of rotatable bonds is 3. The third-order valence-corrected chi connectivity index (χ3v) is 3.39. The lowest BCUT2D eigenvalue weighted by atomic mass is 9.97. The molecule has 5 nitrogen and oxygen atoms in total. The van der Waals surface area contributed by atoms with Crippen LogP contribution in [0.1, 0.15) is 23.7 Å². The Bertz CT molecular complexity index is 493. The summed E-state index contributed by atoms with van der Waals surface area (Å²) in [7, 11) is 0. The van der Waals surface area contributed by atoms with Crippen LogP contribution in [-0.2, 0) is 4.74 Å². The molecule has 1 aromatic rings. The van der Waals surface area contributed by atoms with E-state index < -0.39 is 11.8 Å². The number of nitrogens with one attached hydrogen (secondary N) is 1. The van der Waals surface area contributed by atoms with E-state index in [9.17, 15) is 9.18 Å². The fourth-order valence-corrected chi connectivity index (χ4v) is 2.24. The van der Waals surface area contributed by atoms with Crippen molar-refractivity contribution in [1.82, 2.24) is 0 Å². The van der Waals surface area contributed by atoms with Crippen LogP contribution in [0.2, 0.25) is 0 Å². The van der Waals surface area contributed by atoms with Crippen LogP contribution < -0.4 is 11.1 Å². The van der Waals surface area contributed by atoms with Crippen molar-refractivity contribution in [3.8, 4) is 0 Å². The van der Waals surface area contributed by atoms with Gasteiger partial charge >= 0.3 is 5.97 Å². The predicted molar refractivity (Wildman–Crippen MR) is 69.8 cm³/mol. The number of nitrogens with two attached hydrogens (primary N) is 1. The molecule has 0 spiro atoms. The van der Waals surface area contributed by atoms with Gasteiger partial charge in [0.2, 0.25) is 0 Å². The Morgan fingerprint density at radius 3 is 2.95 bits per heavy atom. The van der Waals surface area contributed by atoms with Crippen LogP contribution in [0.4, 0.5) is 15.8 Å². The Labute approximate surface area is 110 Å². The smallest absolute Gasteiger partial charge is 0.340 e. The summed E-state index contributed by atoms with van der Waals surface area (Å²) in [5, 5.41) is 12.3. The first kappa shape index (κ1) is 13.6. The fraction of sp³-hybridized carbons (Fsp3) is 0.462. The van der Waals surface area contributed by atoms with Gasteiger partial charge in [-0.1, -0.05) is 6.92 Å². The van der Waals surface area contributed by atoms with E-state index in [2.05, 4.69) is 5.32 Å². The normalized spacial score (nSPS) is 23.1. The predicted octanol–water partition coefficient (Wildman–Crippen LogP) is 1.94. The molecule has 1 aliphatic heterocycles. The number of hydrogen-bond donors (Lipinski definition) is 3. The summed E-state index contributed by atoms with van der Waals surface area (Å²) in [6.45, 7) is 3.27. The summed E-state index contributed by atoms with van der Waals surface area (Å²) in [5.41, 5.74) is 5.31. The molecule has 1 heterocycles. The molecule has 0 bridgehead atoms. The zero-order valence-electron chi connectivity index (χ0n) is 10.6. The van der Waals surface area contributed by atoms with Crippen LogP contribution >= 0.6 is 0 Å². The average molecular weight is 268 g/mol. The molecule has 0 aromatic heterocycles. The van der Waals surface area contributed by atoms with Crippen molar-refractivity contribution in [2.45, 2.75) is 19.4 Å². The van der Waals surface area contributed by atoms with E-state index in [0.717, 1.165) is 6.42 Å². The van der Waals surface area contributed by atoms with Crippen molar-refractivity contribution in [2.75, 3.05) is 24.3 Å². The molecule has 1 fully saturated rings. The molecule has 2 rings (SSSR count). The minimum atomic E-state index is -1.24. The quantitative estimate of drug-likeness (QED) is 0.729. The minimum Gasteiger partial charge on any atom is -0.478 e. The van der Waals surface area contributed by atoms with Crippen molar-refractivity contribution < 1.29 is 19.0 Å². The highest BCUT2D eigenvalue weighted by molar-refractivity contribution is 6.00. The van der Waals surface area contributed by atoms with Gasteiger partial charge < -0.3 is 20.9 Å². The lowest BCUT2D eigenvalue weighted by molar-refractivity contribution is 0.0537. The third kappa shape index (κ3) is 2.78. The lowest BCUT2D eigenvalue weighted by Crippen LogP contribution is -2.36. The molecule has 0 radical (unpaired) electrons. The molecular weight excluding hydrogens is 251 g/mol. The van der Waals surface area contributed by atoms with Gasteiger partial charge in [0.25, 0.3) is 0 Å². The second-order valence-corrected chi connectivity index (χ2v) is 4.78. The number of carboxylic acid groups (broad SMARTS) is 1. The zero-order valence-corrected chi connectivity index (χ0v) is 10.6. The summed E-state index contributed by atoms with van der Waals surface area (Å²) in [6.07, 6.45) is 0.775. The van der Waals surface area contributed by atoms with E-state index in [4.69, 9.17) is 15.6 Å². The minimum absolute atomic E-state index is 0.0942.